The molecule has 3 N–H and O–H groups in total. The molecular weight excluding hydrogens is 220 g/mol. The predicted octanol–water partition coefficient (Wildman–Crippen LogP) is 3.56. The molecule has 2 heteroatoms. The van der Waals surface area contributed by atoms with Crippen molar-refractivity contribution in [1.82, 2.24) is 5.32 Å². The van der Waals surface area contributed by atoms with Crippen molar-refractivity contribution < 1.29 is 0 Å². The van der Waals surface area contributed by atoms with Gasteiger partial charge in [-0.2, -0.15) is 0 Å². The molecule has 1 atom stereocenters. The second-order valence-corrected chi connectivity index (χ2v) is 6.76. The van der Waals surface area contributed by atoms with E-state index in [-0.39, 0.29) is 0 Å². The maximum atomic E-state index is 5.85. The van der Waals surface area contributed by atoms with Gasteiger partial charge in [-0.25, -0.2) is 0 Å². The fraction of sp³-hybridized carbons (Fsp3) is 1.00. The molecule has 0 aliphatic heterocycles. The zero-order valence-electron chi connectivity index (χ0n) is 12.8. The smallest absolute Gasteiger partial charge is 0.000770 e. The highest BCUT2D eigenvalue weighted by Crippen LogP contribution is 2.40. The number of nitrogens with one attached hydrogen (secondary N) is 1. The molecule has 1 aliphatic rings. The molecule has 1 fully saturated rings. The van der Waals surface area contributed by atoms with Crippen LogP contribution in [0.5, 0.6) is 0 Å². The normalized spacial score (nSPS) is 20.5. The van der Waals surface area contributed by atoms with E-state index >= 15 is 0 Å². The molecule has 0 bridgehead atoms. The van der Waals surface area contributed by atoms with E-state index < -0.39 is 0 Å². The van der Waals surface area contributed by atoms with E-state index in [0.717, 1.165) is 19.0 Å². The van der Waals surface area contributed by atoms with Gasteiger partial charge in [0.1, 0.15) is 0 Å². The van der Waals surface area contributed by atoms with Crippen LogP contribution >= 0.6 is 0 Å². The Morgan fingerprint density at radius 2 is 1.89 bits per heavy atom. The summed E-state index contributed by atoms with van der Waals surface area (Å²) in [5.41, 5.74) is 6.47. The minimum absolute atomic E-state index is 0.621. The lowest BCUT2D eigenvalue weighted by molar-refractivity contribution is 0.264. The van der Waals surface area contributed by atoms with E-state index in [0.29, 0.717) is 11.3 Å². The molecule has 0 spiro atoms. The third-order valence-electron chi connectivity index (χ3n) is 4.78. The Bertz CT molecular complexity index is 207. The van der Waals surface area contributed by atoms with E-state index in [4.69, 9.17) is 5.73 Å². The second kappa shape index (κ2) is 8.16. The topological polar surface area (TPSA) is 38.0 Å². The van der Waals surface area contributed by atoms with Crippen molar-refractivity contribution in [3.8, 4) is 0 Å². The van der Waals surface area contributed by atoms with E-state index in [9.17, 15) is 0 Å². The number of hydrogen-bond donors (Lipinski definition) is 2. The Morgan fingerprint density at radius 3 is 2.39 bits per heavy atom. The molecule has 1 aliphatic carbocycles. The molecule has 2 nitrogen and oxygen atoms in total. The predicted molar refractivity (Wildman–Crippen MR) is 80.7 cm³/mol. The molecule has 1 unspecified atom stereocenters. The van der Waals surface area contributed by atoms with Gasteiger partial charge in [0.25, 0.3) is 0 Å². The first-order valence-electron chi connectivity index (χ1n) is 8.02. The molecular formula is C16H34N2. The van der Waals surface area contributed by atoms with E-state index in [1.807, 2.05) is 0 Å². The lowest BCUT2D eigenvalue weighted by Gasteiger charge is -2.28. The van der Waals surface area contributed by atoms with Gasteiger partial charge in [-0.3, -0.25) is 0 Å². The maximum absolute atomic E-state index is 5.85. The van der Waals surface area contributed by atoms with Gasteiger partial charge < -0.3 is 11.1 Å². The number of rotatable bonds is 9. The molecule has 1 rings (SSSR count). The number of nitrogens with two attached hydrogens (primary N) is 1. The standard InChI is InChI=1S/C16H34N2/c1-4-16(8-5-6-9-16)13-18-10-7-15(12-17)11-14(2)3/h14-15,18H,4-13,17H2,1-3H3. The Balaban J connectivity index is 2.16. The van der Waals surface area contributed by atoms with Crippen LogP contribution in [0.2, 0.25) is 0 Å². The molecule has 0 amide bonds. The first-order valence-corrected chi connectivity index (χ1v) is 8.02. The largest absolute Gasteiger partial charge is 0.330 e. The Labute approximate surface area is 114 Å². The van der Waals surface area contributed by atoms with Gasteiger partial charge in [0.2, 0.25) is 0 Å². The van der Waals surface area contributed by atoms with E-state index in [1.165, 1.54) is 51.5 Å². The van der Waals surface area contributed by atoms with Crippen LogP contribution in [-0.2, 0) is 0 Å². The summed E-state index contributed by atoms with van der Waals surface area (Å²) in [6.07, 6.45) is 9.60. The minimum atomic E-state index is 0.621. The quantitative estimate of drug-likeness (QED) is 0.617. The summed E-state index contributed by atoms with van der Waals surface area (Å²) >= 11 is 0. The van der Waals surface area contributed by atoms with Crippen LogP contribution in [-0.4, -0.2) is 19.6 Å². The van der Waals surface area contributed by atoms with Crippen molar-refractivity contribution in [1.29, 1.82) is 0 Å². The van der Waals surface area contributed by atoms with Crippen LogP contribution in [0.15, 0.2) is 0 Å². The molecule has 0 aromatic carbocycles. The van der Waals surface area contributed by atoms with Gasteiger partial charge in [-0.15, -0.1) is 0 Å². The first kappa shape index (κ1) is 16.0. The summed E-state index contributed by atoms with van der Waals surface area (Å²) in [6.45, 7) is 10.2. The Hall–Kier alpha value is -0.0800. The van der Waals surface area contributed by atoms with Crippen molar-refractivity contribution in [3.63, 3.8) is 0 Å². The van der Waals surface area contributed by atoms with Crippen molar-refractivity contribution in [3.05, 3.63) is 0 Å². The second-order valence-electron chi connectivity index (χ2n) is 6.76. The van der Waals surface area contributed by atoms with Crippen LogP contribution in [0.4, 0.5) is 0 Å². The van der Waals surface area contributed by atoms with Gasteiger partial charge >= 0.3 is 0 Å². The fourth-order valence-electron chi connectivity index (χ4n) is 3.44. The summed E-state index contributed by atoms with van der Waals surface area (Å²) in [4.78, 5) is 0. The van der Waals surface area contributed by atoms with Crippen molar-refractivity contribution in [2.45, 2.75) is 65.7 Å². The molecule has 0 radical (unpaired) electrons. The van der Waals surface area contributed by atoms with Crippen LogP contribution in [0.1, 0.15) is 65.7 Å². The molecule has 108 valence electrons. The molecule has 0 aromatic rings. The zero-order valence-corrected chi connectivity index (χ0v) is 12.8. The minimum Gasteiger partial charge on any atom is -0.330 e. The van der Waals surface area contributed by atoms with Gasteiger partial charge in [-0.05, 0) is 62.4 Å². The summed E-state index contributed by atoms with van der Waals surface area (Å²) in [7, 11) is 0. The van der Waals surface area contributed by atoms with Crippen LogP contribution in [0.3, 0.4) is 0 Å². The van der Waals surface area contributed by atoms with Crippen LogP contribution in [0, 0.1) is 17.3 Å². The molecule has 0 aromatic heterocycles. The van der Waals surface area contributed by atoms with Gasteiger partial charge in [0.05, 0.1) is 0 Å². The monoisotopic (exact) mass is 254 g/mol. The molecule has 18 heavy (non-hydrogen) atoms. The highest BCUT2D eigenvalue weighted by molar-refractivity contribution is 4.85. The summed E-state index contributed by atoms with van der Waals surface area (Å²) in [5.74, 6) is 1.48. The summed E-state index contributed by atoms with van der Waals surface area (Å²) in [6, 6.07) is 0. The zero-order chi connectivity index (χ0) is 13.4. The average molecular weight is 254 g/mol. The SMILES string of the molecule is CCC1(CNCCC(CN)CC(C)C)CCCC1. The highest BCUT2D eigenvalue weighted by Gasteiger charge is 2.31. The summed E-state index contributed by atoms with van der Waals surface area (Å²) < 4.78 is 0. The van der Waals surface area contributed by atoms with Gasteiger partial charge in [0, 0.05) is 6.54 Å². The van der Waals surface area contributed by atoms with Crippen LogP contribution in [0.25, 0.3) is 0 Å². The summed E-state index contributed by atoms with van der Waals surface area (Å²) in [5, 5.41) is 3.70. The lowest BCUT2D eigenvalue weighted by Crippen LogP contribution is -2.33. The third kappa shape index (κ3) is 5.27. The first-order chi connectivity index (χ1) is 8.62. The average Bonchev–Trinajstić information content (AvgIpc) is 2.82. The van der Waals surface area contributed by atoms with E-state index in [2.05, 4.69) is 26.1 Å². The maximum Gasteiger partial charge on any atom is 0.000770 e. The Morgan fingerprint density at radius 1 is 1.22 bits per heavy atom. The lowest BCUT2D eigenvalue weighted by atomic mass is 9.83. The van der Waals surface area contributed by atoms with E-state index in [1.54, 1.807) is 0 Å². The Kier molecular flexibility index (Phi) is 7.25. The van der Waals surface area contributed by atoms with Crippen molar-refractivity contribution >= 4 is 0 Å². The molecule has 0 saturated heterocycles. The third-order valence-corrected chi connectivity index (χ3v) is 4.78. The van der Waals surface area contributed by atoms with Gasteiger partial charge in [0.15, 0.2) is 0 Å². The highest BCUT2D eigenvalue weighted by atomic mass is 14.9. The molecule has 1 saturated carbocycles. The van der Waals surface area contributed by atoms with Crippen LogP contribution < -0.4 is 11.1 Å². The van der Waals surface area contributed by atoms with Crippen molar-refractivity contribution in [2.24, 2.45) is 23.0 Å². The van der Waals surface area contributed by atoms with Crippen molar-refractivity contribution in [2.75, 3.05) is 19.6 Å². The van der Waals surface area contributed by atoms with Gasteiger partial charge in [-0.1, -0.05) is 33.6 Å². The fourth-order valence-corrected chi connectivity index (χ4v) is 3.44. The molecule has 0 heterocycles. The number of hydrogen-bond acceptors (Lipinski definition) is 2.